The molecule has 2 heterocycles. The minimum Gasteiger partial charge on any atom is -0.283 e. The number of rotatable bonds is 3. The largest absolute Gasteiger partial charge is 0.283 e. The fourth-order valence-electron chi connectivity index (χ4n) is 2.30. The van der Waals surface area contributed by atoms with Gasteiger partial charge in [-0.25, -0.2) is 9.67 Å². The van der Waals surface area contributed by atoms with Gasteiger partial charge in [-0.15, -0.1) is 11.3 Å². The van der Waals surface area contributed by atoms with Crippen LogP contribution in [0.2, 0.25) is 0 Å². The van der Waals surface area contributed by atoms with Gasteiger partial charge in [0.2, 0.25) is 4.80 Å². The van der Waals surface area contributed by atoms with Crippen molar-refractivity contribution in [2.45, 2.75) is 6.92 Å². The molecule has 2 aromatic carbocycles. The third-order valence-electron chi connectivity index (χ3n) is 3.54. The summed E-state index contributed by atoms with van der Waals surface area (Å²) in [7, 11) is 0. The first-order valence-corrected chi connectivity index (χ1v) is 8.87. The van der Waals surface area contributed by atoms with Crippen LogP contribution in [0.1, 0.15) is 20.4 Å². The Bertz CT molecular complexity index is 1070. The first kappa shape index (κ1) is 14.9. The van der Waals surface area contributed by atoms with Gasteiger partial charge < -0.3 is 0 Å². The number of nitrogens with zero attached hydrogens (tertiary/aromatic N) is 3. The number of fused-ring (bicyclic) bond motifs is 1. The van der Waals surface area contributed by atoms with E-state index in [1.54, 1.807) is 0 Å². The molecule has 4 rings (SSSR count). The highest BCUT2D eigenvalue weighted by atomic mass is 32.1. The van der Waals surface area contributed by atoms with Crippen LogP contribution in [0.25, 0.3) is 15.9 Å². The fourth-order valence-corrected chi connectivity index (χ4v) is 4.00. The van der Waals surface area contributed by atoms with E-state index in [0.717, 1.165) is 32.8 Å². The number of para-hydroxylation sites is 1. The highest BCUT2D eigenvalue weighted by molar-refractivity contribution is 7.21. The molecule has 0 spiro atoms. The van der Waals surface area contributed by atoms with Crippen LogP contribution in [-0.4, -0.2) is 20.5 Å². The predicted octanol–water partition coefficient (Wildman–Crippen LogP) is 3.56. The van der Waals surface area contributed by atoms with Crippen molar-refractivity contribution < 1.29 is 4.79 Å². The lowest BCUT2D eigenvalue weighted by Gasteiger charge is -2.00. The molecule has 4 aromatic rings. The summed E-state index contributed by atoms with van der Waals surface area (Å²) in [6.45, 7) is 2.00. The van der Waals surface area contributed by atoms with Crippen LogP contribution in [0.15, 0.2) is 48.5 Å². The normalized spacial score (nSPS) is 11.0. The molecule has 0 bridgehead atoms. The first-order valence-electron chi connectivity index (χ1n) is 7.24. The lowest BCUT2D eigenvalue weighted by molar-refractivity contribution is 0.103. The fraction of sp³-hybridized carbons (Fsp3) is 0.0588. The number of hydrogen-bond donors (Lipinski definition) is 1. The van der Waals surface area contributed by atoms with E-state index in [0.29, 0.717) is 5.01 Å². The minimum atomic E-state index is -0.236. The molecule has 0 aliphatic heterocycles. The summed E-state index contributed by atoms with van der Waals surface area (Å²) in [5.74, 6) is -0.236. The van der Waals surface area contributed by atoms with Gasteiger partial charge in [0.1, 0.15) is 0 Å². The van der Waals surface area contributed by atoms with Gasteiger partial charge in [0.25, 0.3) is 5.78 Å². The number of nitrogens with one attached hydrogen (secondary N) is 1. The molecule has 2 aromatic heterocycles. The number of benzene rings is 2. The second-order valence-corrected chi connectivity index (χ2v) is 7.28. The molecule has 118 valence electrons. The third-order valence-corrected chi connectivity index (χ3v) is 5.40. The molecule has 0 saturated carbocycles. The summed E-state index contributed by atoms with van der Waals surface area (Å²) in [5, 5.41) is 13.1. The average molecular weight is 352 g/mol. The Morgan fingerprint density at radius 1 is 1.04 bits per heavy atom. The van der Waals surface area contributed by atoms with Crippen molar-refractivity contribution in [3.8, 4) is 5.69 Å². The predicted molar refractivity (Wildman–Crippen MR) is 95.1 cm³/mol. The Labute approximate surface area is 145 Å². The lowest BCUT2D eigenvalue weighted by Crippen LogP contribution is -2.12. The average Bonchev–Trinajstić information content (AvgIpc) is 3.18. The molecule has 24 heavy (non-hydrogen) atoms. The van der Waals surface area contributed by atoms with Crippen molar-refractivity contribution in [1.82, 2.24) is 14.8 Å². The van der Waals surface area contributed by atoms with Crippen LogP contribution in [0.5, 0.6) is 0 Å². The van der Waals surface area contributed by atoms with E-state index in [9.17, 15) is 4.79 Å². The summed E-state index contributed by atoms with van der Waals surface area (Å²) >= 11 is 2.41. The molecular weight excluding hydrogens is 340 g/mol. The zero-order chi connectivity index (χ0) is 16.7. The van der Waals surface area contributed by atoms with Gasteiger partial charge in [0.05, 0.1) is 15.9 Å². The summed E-state index contributed by atoms with van der Waals surface area (Å²) in [6, 6.07) is 15.3. The Kier molecular flexibility index (Phi) is 3.59. The van der Waals surface area contributed by atoms with E-state index < -0.39 is 0 Å². The third kappa shape index (κ3) is 2.57. The maximum atomic E-state index is 12.7. The second-order valence-electron chi connectivity index (χ2n) is 5.28. The molecule has 1 N–H and O–H groups in total. The van der Waals surface area contributed by atoms with Crippen molar-refractivity contribution in [2.24, 2.45) is 0 Å². The van der Waals surface area contributed by atoms with Crippen LogP contribution >= 0.6 is 22.7 Å². The highest BCUT2D eigenvalue weighted by Gasteiger charge is 2.19. The van der Waals surface area contributed by atoms with E-state index in [1.807, 2.05) is 55.5 Å². The van der Waals surface area contributed by atoms with Gasteiger partial charge in [-0.1, -0.05) is 41.2 Å². The molecule has 0 unspecified atom stereocenters. The smallest absolute Gasteiger partial charge is 0.252 e. The topological polar surface area (TPSA) is 71.6 Å². The van der Waals surface area contributed by atoms with Crippen LogP contribution in [0.4, 0.5) is 0 Å². The zero-order valence-corrected chi connectivity index (χ0v) is 14.3. The van der Waals surface area contributed by atoms with E-state index >= 15 is 0 Å². The Hall–Kier alpha value is -2.64. The number of hydrogen-bond acceptors (Lipinski definition) is 6. The Balaban J connectivity index is 1.74. The van der Waals surface area contributed by atoms with Gasteiger partial charge in [-0.2, -0.15) is 5.10 Å². The number of carbonyl (C=O) groups excluding carboxylic acids is 1. The van der Waals surface area contributed by atoms with Gasteiger partial charge in [0, 0.05) is 0 Å². The van der Waals surface area contributed by atoms with Crippen molar-refractivity contribution in [3.63, 3.8) is 0 Å². The maximum absolute atomic E-state index is 12.7. The first-order chi connectivity index (χ1) is 11.6. The zero-order valence-electron chi connectivity index (χ0n) is 12.7. The lowest BCUT2D eigenvalue weighted by atomic mass is 10.2. The molecule has 0 aliphatic carbocycles. The van der Waals surface area contributed by atoms with Gasteiger partial charge in [-0.05, 0) is 31.2 Å². The number of thiazole rings is 1. The van der Waals surface area contributed by atoms with Crippen LogP contribution in [0.3, 0.4) is 0 Å². The van der Waals surface area contributed by atoms with Gasteiger partial charge in [0.15, 0.2) is 10.0 Å². The molecule has 7 heteroatoms. The molecular formula is C17H12N4OS2. The van der Waals surface area contributed by atoms with E-state index in [1.165, 1.54) is 16.0 Å². The summed E-state index contributed by atoms with van der Waals surface area (Å²) < 4.78 is 2.44. The molecule has 0 atom stereocenters. The van der Waals surface area contributed by atoms with Crippen LogP contribution in [0, 0.1) is 12.3 Å². The van der Waals surface area contributed by atoms with E-state index in [2.05, 4.69) is 10.1 Å². The van der Waals surface area contributed by atoms with E-state index in [-0.39, 0.29) is 15.6 Å². The Morgan fingerprint density at radius 3 is 2.54 bits per heavy atom. The van der Waals surface area contributed by atoms with Gasteiger partial charge >= 0.3 is 0 Å². The van der Waals surface area contributed by atoms with Gasteiger partial charge in [-0.3, -0.25) is 10.2 Å². The molecule has 5 nitrogen and oxygen atoms in total. The van der Waals surface area contributed by atoms with E-state index in [4.69, 9.17) is 5.41 Å². The van der Waals surface area contributed by atoms with Crippen LogP contribution < -0.4 is 4.80 Å². The molecule has 0 aliphatic rings. The SMILES string of the molecule is Cc1ccc(-n2nc(C(=O)c3nc4ccccc4s3)sc2=N)cc1. The quantitative estimate of drug-likeness (QED) is 0.573. The number of carbonyl (C=O) groups is 1. The summed E-state index contributed by atoms with van der Waals surface area (Å²) in [6.07, 6.45) is 0. The molecule has 0 fully saturated rings. The monoisotopic (exact) mass is 352 g/mol. The maximum Gasteiger partial charge on any atom is 0.252 e. The molecule has 0 amide bonds. The second kappa shape index (κ2) is 5.77. The summed E-state index contributed by atoms with van der Waals surface area (Å²) in [4.78, 5) is 17.3. The number of aryl methyl sites for hydroxylation is 1. The van der Waals surface area contributed by atoms with Crippen LogP contribution in [-0.2, 0) is 0 Å². The highest BCUT2D eigenvalue weighted by Crippen LogP contribution is 2.24. The summed E-state index contributed by atoms with van der Waals surface area (Å²) in [5.41, 5.74) is 2.71. The van der Waals surface area contributed by atoms with Crippen molar-refractivity contribution in [2.75, 3.05) is 0 Å². The molecule has 0 saturated heterocycles. The number of ketones is 1. The Morgan fingerprint density at radius 2 is 1.79 bits per heavy atom. The number of aromatic nitrogens is 3. The van der Waals surface area contributed by atoms with Crippen molar-refractivity contribution in [1.29, 1.82) is 5.41 Å². The van der Waals surface area contributed by atoms with Crippen molar-refractivity contribution in [3.05, 3.63) is 68.9 Å². The van der Waals surface area contributed by atoms with Crippen molar-refractivity contribution >= 4 is 38.7 Å². The minimum absolute atomic E-state index is 0.211. The molecule has 0 radical (unpaired) electrons. The standard InChI is InChI=1S/C17H12N4OS2/c1-10-6-8-11(9-7-10)21-17(18)24-16(20-21)14(22)15-19-12-4-2-3-5-13(12)23-15/h2-9,18H,1H3.